The Morgan fingerprint density at radius 3 is 2.39 bits per heavy atom. The van der Waals surface area contributed by atoms with Gasteiger partial charge < -0.3 is 21.7 Å². The molecular formula is C25H24FN5O2. The van der Waals surface area contributed by atoms with Gasteiger partial charge in [0.05, 0.1) is 0 Å². The van der Waals surface area contributed by atoms with Gasteiger partial charge in [0.2, 0.25) is 11.8 Å². The standard InChI is InChI=1S/C25H24FN5O2/c26-20-3-1-2-16(10-20)13-30-25(33)22-11-18-8-9-19(23(27)28)12-21(18)31(22)14-15-4-6-17(7-5-15)24(29)32/h1-10,12,22H,11,13-14H2,(H3,27,28)(H2,29,32)(H,30,33). The molecule has 1 heterocycles. The van der Waals surface area contributed by atoms with E-state index in [1.165, 1.54) is 12.1 Å². The van der Waals surface area contributed by atoms with Crippen molar-refractivity contribution in [1.82, 2.24) is 5.32 Å². The molecular weight excluding hydrogens is 421 g/mol. The molecule has 1 aliphatic rings. The third kappa shape index (κ3) is 4.85. The van der Waals surface area contributed by atoms with Gasteiger partial charge in [-0.2, -0.15) is 0 Å². The molecule has 0 aromatic heterocycles. The highest BCUT2D eigenvalue weighted by molar-refractivity contribution is 5.97. The first-order valence-electron chi connectivity index (χ1n) is 10.5. The summed E-state index contributed by atoms with van der Waals surface area (Å²) in [5, 5.41) is 10.7. The molecule has 1 atom stereocenters. The average molecular weight is 445 g/mol. The summed E-state index contributed by atoms with van der Waals surface area (Å²) >= 11 is 0. The number of fused-ring (bicyclic) bond motifs is 1. The first-order valence-corrected chi connectivity index (χ1v) is 10.5. The number of primary amides is 1. The third-order valence-electron chi connectivity index (χ3n) is 5.75. The topological polar surface area (TPSA) is 125 Å². The van der Waals surface area contributed by atoms with Crippen LogP contribution in [0.15, 0.2) is 66.7 Å². The number of nitrogens with one attached hydrogen (secondary N) is 2. The number of nitrogens with zero attached hydrogens (tertiary/aromatic N) is 1. The van der Waals surface area contributed by atoms with E-state index in [-0.39, 0.29) is 24.1 Å². The zero-order valence-electron chi connectivity index (χ0n) is 17.8. The van der Waals surface area contributed by atoms with Crippen LogP contribution in [0.4, 0.5) is 10.1 Å². The van der Waals surface area contributed by atoms with Gasteiger partial charge in [-0.05, 0) is 47.0 Å². The SMILES string of the molecule is N=C(N)c1ccc2c(c1)N(Cc1ccc(C(N)=O)cc1)C(C(=O)NCc1cccc(F)c1)C2. The van der Waals surface area contributed by atoms with E-state index in [0.29, 0.717) is 29.7 Å². The second-order valence-corrected chi connectivity index (χ2v) is 8.01. The molecule has 8 heteroatoms. The van der Waals surface area contributed by atoms with E-state index in [1.807, 2.05) is 17.0 Å². The van der Waals surface area contributed by atoms with Crippen LogP contribution in [0.25, 0.3) is 0 Å². The minimum absolute atomic E-state index is 0.0532. The Kier molecular flexibility index (Phi) is 6.08. The van der Waals surface area contributed by atoms with Gasteiger partial charge in [-0.25, -0.2) is 4.39 Å². The predicted molar refractivity (Wildman–Crippen MR) is 124 cm³/mol. The van der Waals surface area contributed by atoms with Gasteiger partial charge >= 0.3 is 0 Å². The van der Waals surface area contributed by atoms with E-state index in [9.17, 15) is 14.0 Å². The van der Waals surface area contributed by atoms with Crippen molar-refractivity contribution in [1.29, 1.82) is 5.41 Å². The van der Waals surface area contributed by atoms with Crippen LogP contribution < -0.4 is 21.7 Å². The van der Waals surface area contributed by atoms with Crippen LogP contribution in [0.5, 0.6) is 0 Å². The van der Waals surface area contributed by atoms with E-state index >= 15 is 0 Å². The van der Waals surface area contributed by atoms with Crippen molar-refractivity contribution in [2.75, 3.05) is 4.90 Å². The summed E-state index contributed by atoms with van der Waals surface area (Å²) in [7, 11) is 0. The maximum atomic E-state index is 13.5. The van der Waals surface area contributed by atoms with E-state index < -0.39 is 11.9 Å². The summed E-state index contributed by atoms with van der Waals surface area (Å²) in [6.07, 6.45) is 0.488. The molecule has 3 aromatic carbocycles. The van der Waals surface area contributed by atoms with Crippen molar-refractivity contribution in [2.45, 2.75) is 25.6 Å². The number of hydrogen-bond acceptors (Lipinski definition) is 4. The number of nitrogens with two attached hydrogens (primary N) is 2. The molecule has 1 aliphatic heterocycles. The molecule has 1 unspecified atom stereocenters. The zero-order chi connectivity index (χ0) is 23.5. The fraction of sp³-hybridized carbons (Fsp3) is 0.160. The maximum Gasteiger partial charge on any atom is 0.248 e. The number of nitrogen functional groups attached to an aromatic ring is 1. The lowest BCUT2D eigenvalue weighted by Crippen LogP contribution is -2.44. The molecule has 33 heavy (non-hydrogen) atoms. The van der Waals surface area contributed by atoms with Crippen LogP contribution in [0, 0.1) is 11.2 Å². The Bertz CT molecular complexity index is 1230. The van der Waals surface area contributed by atoms with Crippen LogP contribution >= 0.6 is 0 Å². The van der Waals surface area contributed by atoms with Gasteiger partial charge in [-0.3, -0.25) is 15.0 Å². The van der Waals surface area contributed by atoms with Crippen molar-refractivity contribution >= 4 is 23.3 Å². The molecule has 0 saturated carbocycles. The number of amidine groups is 1. The molecule has 2 amide bonds. The van der Waals surface area contributed by atoms with Gasteiger partial charge in [0, 0.05) is 36.3 Å². The largest absolute Gasteiger partial charge is 0.384 e. The van der Waals surface area contributed by atoms with Gasteiger partial charge in [0.1, 0.15) is 17.7 Å². The van der Waals surface area contributed by atoms with E-state index in [2.05, 4.69) is 5.32 Å². The van der Waals surface area contributed by atoms with Crippen molar-refractivity contribution in [3.05, 3.63) is 100 Å². The molecule has 0 radical (unpaired) electrons. The van der Waals surface area contributed by atoms with Crippen molar-refractivity contribution in [3.8, 4) is 0 Å². The third-order valence-corrected chi connectivity index (χ3v) is 5.75. The second-order valence-electron chi connectivity index (χ2n) is 8.01. The highest BCUT2D eigenvalue weighted by Gasteiger charge is 2.34. The molecule has 4 rings (SSSR count). The summed E-state index contributed by atoms with van der Waals surface area (Å²) < 4.78 is 13.5. The maximum absolute atomic E-state index is 13.5. The number of anilines is 1. The fourth-order valence-electron chi connectivity index (χ4n) is 4.01. The Labute approximate surface area is 190 Å². The van der Waals surface area contributed by atoms with Gasteiger partial charge in [0.25, 0.3) is 0 Å². The quantitative estimate of drug-likeness (QED) is 0.329. The number of carbonyl (C=O) groups is 2. The molecule has 0 bridgehead atoms. The number of carbonyl (C=O) groups excluding carboxylic acids is 2. The van der Waals surface area contributed by atoms with Crippen molar-refractivity contribution in [3.63, 3.8) is 0 Å². The summed E-state index contributed by atoms with van der Waals surface area (Å²) in [6.45, 7) is 0.620. The second kappa shape index (κ2) is 9.12. The smallest absolute Gasteiger partial charge is 0.248 e. The number of hydrogen-bond donors (Lipinski definition) is 4. The van der Waals surface area contributed by atoms with Crippen LogP contribution in [0.1, 0.15) is 32.6 Å². The zero-order valence-corrected chi connectivity index (χ0v) is 17.8. The molecule has 0 spiro atoms. The Hall–Kier alpha value is -4.20. The number of amides is 2. The first kappa shape index (κ1) is 22.0. The normalized spacial score (nSPS) is 14.6. The van der Waals surface area contributed by atoms with Crippen LogP contribution in [-0.4, -0.2) is 23.7 Å². The molecule has 6 N–H and O–H groups in total. The highest BCUT2D eigenvalue weighted by Crippen LogP contribution is 2.34. The summed E-state index contributed by atoms with van der Waals surface area (Å²) in [4.78, 5) is 26.5. The molecule has 7 nitrogen and oxygen atoms in total. The first-order chi connectivity index (χ1) is 15.8. The van der Waals surface area contributed by atoms with Crippen molar-refractivity contribution in [2.24, 2.45) is 11.5 Å². The lowest BCUT2D eigenvalue weighted by molar-refractivity contribution is -0.122. The van der Waals surface area contributed by atoms with Crippen molar-refractivity contribution < 1.29 is 14.0 Å². The lowest BCUT2D eigenvalue weighted by Gasteiger charge is -2.27. The predicted octanol–water partition coefficient (Wildman–Crippen LogP) is 2.46. The van der Waals surface area contributed by atoms with E-state index in [0.717, 1.165) is 16.8 Å². The molecule has 3 aromatic rings. The Morgan fingerprint density at radius 1 is 1.00 bits per heavy atom. The number of rotatable bonds is 7. The average Bonchev–Trinajstić information content (AvgIpc) is 3.15. The van der Waals surface area contributed by atoms with E-state index in [4.69, 9.17) is 16.9 Å². The van der Waals surface area contributed by atoms with Crippen LogP contribution in [0.2, 0.25) is 0 Å². The van der Waals surface area contributed by atoms with Gasteiger partial charge in [-0.15, -0.1) is 0 Å². The number of benzene rings is 3. The van der Waals surface area contributed by atoms with Gasteiger partial charge in [-0.1, -0.05) is 36.4 Å². The molecule has 0 fully saturated rings. The minimum Gasteiger partial charge on any atom is -0.384 e. The number of halogens is 1. The summed E-state index contributed by atoms with van der Waals surface area (Å²) in [5.74, 6) is -1.10. The lowest BCUT2D eigenvalue weighted by atomic mass is 10.1. The molecule has 168 valence electrons. The Morgan fingerprint density at radius 2 is 1.73 bits per heavy atom. The monoisotopic (exact) mass is 445 g/mol. The molecule has 0 aliphatic carbocycles. The highest BCUT2D eigenvalue weighted by atomic mass is 19.1. The summed E-state index contributed by atoms with van der Waals surface area (Å²) in [5.41, 5.74) is 15.4. The van der Waals surface area contributed by atoms with E-state index in [1.54, 1.807) is 42.5 Å². The van der Waals surface area contributed by atoms with Crippen LogP contribution in [0.3, 0.4) is 0 Å². The summed E-state index contributed by atoms with van der Waals surface area (Å²) in [6, 6.07) is 18.0. The van der Waals surface area contributed by atoms with Crippen LogP contribution in [-0.2, 0) is 24.3 Å². The van der Waals surface area contributed by atoms with Gasteiger partial charge in [0.15, 0.2) is 0 Å². The Balaban J connectivity index is 1.59. The molecule has 0 saturated heterocycles. The minimum atomic E-state index is -0.506. The fourth-order valence-corrected chi connectivity index (χ4v) is 4.01.